The van der Waals surface area contributed by atoms with Crippen LogP contribution >= 0.6 is 12.4 Å². The third-order valence-electron chi connectivity index (χ3n) is 1.22. The fourth-order valence-corrected chi connectivity index (χ4v) is 0.594. The van der Waals surface area contributed by atoms with Crippen molar-refractivity contribution in [1.82, 2.24) is 5.32 Å². The highest BCUT2D eigenvalue weighted by Gasteiger charge is 2.04. The van der Waals surface area contributed by atoms with Crippen molar-refractivity contribution in [3.63, 3.8) is 0 Å². The molecule has 0 amide bonds. The van der Waals surface area contributed by atoms with Gasteiger partial charge in [-0.1, -0.05) is 6.58 Å². The molecule has 0 spiro atoms. The number of rotatable bonds is 4. The van der Waals surface area contributed by atoms with Gasteiger partial charge in [-0.15, -0.1) is 12.4 Å². The number of nitrogens with one attached hydrogen (secondary N) is 2. The standard InChI is InChI=1S/C7H13N3O2.ClH/c1-5(6(11)12-2)3-4-10-7(8)9;/h1,3-4H2,2H3,(H4,8,9,10);1H. The van der Waals surface area contributed by atoms with E-state index in [1.165, 1.54) is 7.11 Å². The average Bonchev–Trinajstić information content (AvgIpc) is 2.02. The number of methoxy groups -OCH3 is 1. The van der Waals surface area contributed by atoms with Gasteiger partial charge in [-0.3, -0.25) is 5.41 Å². The highest BCUT2D eigenvalue weighted by Crippen LogP contribution is 1.97. The number of hydrogen-bond acceptors (Lipinski definition) is 3. The maximum atomic E-state index is 10.8. The van der Waals surface area contributed by atoms with Crippen LogP contribution in [0.25, 0.3) is 0 Å². The van der Waals surface area contributed by atoms with Crippen LogP contribution in [0.4, 0.5) is 0 Å². The van der Waals surface area contributed by atoms with Crippen LogP contribution in [0.1, 0.15) is 6.42 Å². The second kappa shape index (κ2) is 7.42. The van der Waals surface area contributed by atoms with E-state index >= 15 is 0 Å². The van der Waals surface area contributed by atoms with Crippen molar-refractivity contribution in [1.29, 1.82) is 5.41 Å². The predicted octanol–water partition coefficient (Wildman–Crippen LogP) is 0.0106. The zero-order valence-corrected chi connectivity index (χ0v) is 8.24. The minimum Gasteiger partial charge on any atom is -0.466 e. The predicted molar refractivity (Wildman–Crippen MR) is 52.9 cm³/mol. The molecule has 0 heterocycles. The lowest BCUT2D eigenvalue weighted by molar-refractivity contribution is -0.136. The second-order valence-electron chi connectivity index (χ2n) is 2.19. The van der Waals surface area contributed by atoms with Gasteiger partial charge in [-0.2, -0.15) is 0 Å². The van der Waals surface area contributed by atoms with E-state index in [2.05, 4.69) is 16.6 Å². The summed E-state index contributed by atoms with van der Waals surface area (Å²) in [6, 6.07) is 0. The molecule has 0 radical (unpaired) electrons. The highest BCUT2D eigenvalue weighted by atomic mass is 35.5. The first-order valence-corrected chi connectivity index (χ1v) is 3.42. The molecule has 0 bridgehead atoms. The molecule has 0 aliphatic carbocycles. The van der Waals surface area contributed by atoms with Gasteiger partial charge >= 0.3 is 5.97 Å². The third kappa shape index (κ3) is 7.14. The van der Waals surface area contributed by atoms with Gasteiger partial charge < -0.3 is 15.8 Å². The lowest BCUT2D eigenvalue weighted by atomic mass is 10.2. The molecule has 6 heteroatoms. The van der Waals surface area contributed by atoms with E-state index in [0.29, 0.717) is 18.5 Å². The maximum absolute atomic E-state index is 10.8. The number of carbonyl (C=O) groups is 1. The van der Waals surface area contributed by atoms with Gasteiger partial charge in [0.15, 0.2) is 5.96 Å². The highest BCUT2D eigenvalue weighted by molar-refractivity contribution is 5.87. The van der Waals surface area contributed by atoms with Crippen molar-refractivity contribution >= 4 is 24.3 Å². The molecule has 0 unspecified atom stereocenters. The Morgan fingerprint density at radius 3 is 2.62 bits per heavy atom. The summed E-state index contributed by atoms with van der Waals surface area (Å²) in [6.07, 6.45) is 0.423. The zero-order chi connectivity index (χ0) is 9.56. The van der Waals surface area contributed by atoms with Gasteiger partial charge in [0, 0.05) is 12.1 Å². The van der Waals surface area contributed by atoms with Crippen LogP contribution in [0, 0.1) is 5.41 Å². The number of esters is 1. The van der Waals surface area contributed by atoms with E-state index in [-0.39, 0.29) is 18.4 Å². The molecule has 5 nitrogen and oxygen atoms in total. The normalized spacial score (nSPS) is 8.08. The van der Waals surface area contributed by atoms with Gasteiger partial charge in [0.25, 0.3) is 0 Å². The van der Waals surface area contributed by atoms with Gasteiger partial charge in [0.1, 0.15) is 0 Å². The van der Waals surface area contributed by atoms with Crippen molar-refractivity contribution < 1.29 is 9.53 Å². The summed E-state index contributed by atoms with van der Waals surface area (Å²) in [5.74, 6) is -0.548. The summed E-state index contributed by atoms with van der Waals surface area (Å²) in [4.78, 5) is 10.8. The summed E-state index contributed by atoms with van der Waals surface area (Å²) in [7, 11) is 1.30. The van der Waals surface area contributed by atoms with E-state index in [4.69, 9.17) is 11.1 Å². The number of ether oxygens (including phenoxy) is 1. The first kappa shape index (κ1) is 14.3. The smallest absolute Gasteiger partial charge is 0.333 e. The topological polar surface area (TPSA) is 88.2 Å². The summed E-state index contributed by atoms with van der Waals surface area (Å²) >= 11 is 0. The summed E-state index contributed by atoms with van der Waals surface area (Å²) in [6.45, 7) is 3.92. The summed E-state index contributed by atoms with van der Waals surface area (Å²) in [5, 5.41) is 9.36. The fourth-order valence-electron chi connectivity index (χ4n) is 0.594. The molecule has 76 valence electrons. The molecule has 0 saturated heterocycles. The minimum absolute atomic E-state index is 0. The van der Waals surface area contributed by atoms with E-state index in [0.717, 1.165) is 0 Å². The van der Waals surface area contributed by atoms with E-state index in [1.54, 1.807) is 0 Å². The Morgan fingerprint density at radius 2 is 2.23 bits per heavy atom. The van der Waals surface area contributed by atoms with Crippen molar-refractivity contribution in [2.75, 3.05) is 13.7 Å². The van der Waals surface area contributed by atoms with Crippen LogP contribution in [-0.2, 0) is 9.53 Å². The lowest BCUT2D eigenvalue weighted by Gasteiger charge is -2.04. The molecular weight excluding hydrogens is 194 g/mol. The first-order chi connectivity index (χ1) is 5.57. The van der Waals surface area contributed by atoms with E-state index < -0.39 is 5.97 Å². The molecule has 0 atom stereocenters. The number of halogens is 1. The number of nitrogens with two attached hydrogens (primary N) is 1. The lowest BCUT2D eigenvalue weighted by Crippen LogP contribution is -2.31. The quantitative estimate of drug-likeness (QED) is 0.262. The monoisotopic (exact) mass is 207 g/mol. The van der Waals surface area contributed by atoms with E-state index in [1.807, 2.05) is 0 Å². The van der Waals surface area contributed by atoms with Crippen LogP contribution in [0.15, 0.2) is 12.2 Å². The first-order valence-electron chi connectivity index (χ1n) is 3.42. The van der Waals surface area contributed by atoms with Gasteiger partial charge in [0.05, 0.1) is 7.11 Å². The Hall–Kier alpha value is -1.23. The van der Waals surface area contributed by atoms with Crippen molar-refractivity contribution in [2.24, 2.45) is 5.73 Å². The minimum atomic E-state index is -0.430. The van der Waals surface area contributed by atoms with E-state index in [9.17, 15) is 4.79 Å². The molecule has 0 aromatic rings. The Morgan fingerprint density at radius 1 is 1.69 bits per heavy atom. The molecular formula is C7H14ClN3O2. The van der Waals surface area contributed by atoms with Crippen molar-refractivity contribution in [3.8, 4) is 0 Å². The largest absolute Gasteiger partial charge is 0.466 e. The van der Waals surface area contributed by atoms with Gasteiger partial charge in [-0.25, -0.2) is 4.79 Å². The number of hydrogen-bond donors (Lipinski definition) is 3. The number of guanidine groups is 1. The van der Waals surface area contributed by atoms with Crippen LogP contribution in [0.2, 0.25) is 0 Å². The summed E-state index contributed by atoms with van der Waals surface area (Å²) in [5.41, 5.74) is 5.38. The molecule has 0 saturated carbocycles. The molecule has 4 N–H and O–H groups in total. The van der Waals surface area contributed by atoms with Gasteiger partial charge in [0.2, 0.25) is 0 Å². The van der Waals surface area contributed by atoms with Crippen molar-refractivity contribution in [2.45, 2.75) is 6.42 Å². The Kier molecular flexibility index (Phi) is 8.16. The maximum Gasteiger partial charge on any atom is 0.333 e. The molecule has 0 rings (SSSR count). The summed E-state index contributed by atoms with van der Waals surface area (Å²) < 4.78 is 4.42. The molecule has 0 aliphatic rings. The Balaban J connectivity index is 0. The third-order valence-corrected chi connectivity index (χ3v) is 1.22. The van der Waals surface area contributed by atoms with Gasteiger partial charge in [-0.05, 0) is 6.42 Å². The molecule has 0 aromatic carbocycles. The molecule has 0 aliphatic heterocycles. The van der Waals surface area contributed by atoms with Crippen LogP contribution in [-0.4, -0.2) is 25.6 Å². The molecule has 0 fully saturated rings. The average molecular weight is 208 g/mol. The van der Waals surface area contributed by atoms with Crippen LogP contribution in [0.3, 0.4) is 0 Å². The molecule has 0 aromatic heterocycles. The van der Waals surface area contributed by atoms with Crippen molar-refractivity contribution in [3.05, 3.63) is 12.2 Å². The fraction of sp³-hybridized carbons (Fsp3) is 0.429. The van der Waals surface area contributed by atoms with Crippen LogP contribution in [0.5, 0.6) is 0 Å². The Labute approximate surface area is 83.2 Å². The SMILES string of the molecule is C=C(CCNC(=N)N)C(=O)OC.Cl. The Bertz CT molecular complexity index is 206. The zero-order valence-electron chi connectivity index (χ0n) is 7.42. The second-order valence-corrected chi connectivity index (χ2v) is 2.19. The molecule has 13 heavy (non-hydrogen) atoms. The number of carbonyl (C=O) groups excluding carboxylic acids is 1. The van der Waals surface area contributed by atoms with Crippen LogP contribution < -0.4 is 11.1 Å².